The van der Waals surface area contributed by atoms with E-state index in [4.69, 9.17) is 5.11 Å². The maximum atomic E-state index is 12.6. The molecule has 1 aliphatic rings. The molecule has 2 aromatic rings. The number of carboxylic acids is 1. The fourth-order valence-electron chi connectivity index (χ4n) is 3.56. The van der Waals surface area contributed by atoms with E-state index in [-0.39, 0.29) is 29.9 Å². The van der Waals surface area contributed by atoms with Crippen molar-refractivity contribution in [3.63, 3.8) is 0 Å². The summed E-state index contributed by atoms with van der Waals surface area (Å²) < 4.78 is 1.55. The van der Waals surface area contributed by atoms with Crippen LogP contribution >= 0.6 is 0 Å². The number of nitrogens with one attached hydrogen (secondary N) is 2. The molecule has 0 aliphatic heterocycles. The highest BCUT2D eigenvalue weighted by Gasteiger charge is 2.34. The van der Waals surface area contributed by atoms with E-state index in [1.54, 1.807) is 22.9 Å². The second-order valence-corrected chi connectivity index (χ2v) is 7.22. The molecule has 29 heavy (non-hydrogen) atoms. The van der Waals surface area contributed by atoms with Crippen LogP contribution in [0.15, 0.2) is 53.5 Å². The molecule has 3 N–H and O–H groups in total. The summed E-state index contributed by atoms with van der Waals surface area (Å²) in [5.41, 5.74) is 0.952. The minimum Gasteiger partial charge on any atom is -0.480 e. The topological polar surface area (TPSA) is 104 Å². The van der Waals surface area contributed by atoms with E-state index in [9.17, 15) is 14.4 Å². The van der Waals surface area contributed by atoms with Crippen LogP contribution in [0.3, 0.4) is 0 Å². The van der Waals surface area contributed by atoms with Crippen LogP contribution in [0.5, 0.6) is 0 Å². The summed E-state index contributed by atoms with van der Waals surface area (Å²) in [5.74, 6) is -0.850. The van der Waals surface area contributed by atoms with Crippen molar-refractivity contribution in [3.05, 3.63) is 64.6 Å². The third-order valence-corrected chi connectivity index (χ3v) is 5.17. The Hall–Kier alpha value is -3.13. The number of benzene rings is 1. The van der Waals surface area contributed by atoms with Gasteiger partial charge in [0.15, 0.2) is 0 Å². The van der Waals surface area contributed by atoms with Gasteiger partial charge in [-0.3, -0.25) is 14.5 Å². The number of likely N-dealkylation sites (N-methyl/N-ethyl adjacent to an activating group) is 1. The third-order valence-electron chi connectivity index (χ3n) is 5.17. The second-order valence-electron chi connectivity index (χ2n) is 7.22. The lowest BCUT2D eigenvalue weighted by Gasteiger charge is -2.42. The van der Waals surface area contributed by atoms with E-state index in [1.165, 1.54) is 0 Å². The molecule has 0 saturated heterocycles. The lowest BCUT2D eigenvalue weighted by Crippen LogP contribution is -2.55. The van der Waals surface area contributed by atoms with Gasteiger partial charge in [0, 0.05) is 18.3 Å². The third kappa shape index (κ3) is 5.45. The highest BCUT2D eigenvalue weighted by atomic mass is 16.4. The van der Waals surface area contributed by atoms with Crippen molar-refractivity contribution < 1.29 is 14.7 Å². The zero-order valence-electron chi connectivity index (χ0n) is 16.4. The minimum absolute atomic E-state index is 0.00501. The van der Waals surface area contributed by atoms with Gasteiger partial charge >= 0.3 is 12.0 Å². The average Bonchev–Trinajstić information content (AvgIpc) is 2.66. The molecule has 3 rings (SSSR count). The summed E-state index contributed by atoms with van der Waals surface area (Å²) >= 11 is 0. The number of rotatable bonds is 8. The standard InChI is InChI=1S/C21H26N4O4/c1-2-24(14-19(26)27)17-11-16(12-17)22-21(29)23-18-9-6-10-25(20(18)28)13-15-7-4-3-5-8-15/h3-10,16-17H,2,11-14H2,1H3,(H,26,27)(H2,22,23,29). The van der Waals surface area contributed by atoms with Gasteiger partial charge in [-0.25, -0.2) is 4.79 Å². The fourth-order valence-corrected chi connectivity index (χ4v) is 3.56. The van der Waals surface area contributed by atoms with E-state index >= 15 is 0 Å². The fraction of sp³-hybridized carbons (Fsp3) is 0.381. The molecule has 0 bridgehead atoms. The monoisotopic (exact) mass is 398 g/mol. The normalized spacial score (nSPS) is 18.1. The Bertz CT molecular complexity index is 906. The van der Waals surface area contributed by atoms with Crippen molar-refractivity contribution >= 4 is 17.7 Å². The van der Waals surface area contributed by atoms with Crippen LogP contribution in [0.25, 0.3) is 0 Å². The highest BCUT2D eigenvalue weighted by molar-refractivity contribution is 5.89. The van der Waals surface area contributed by atoms with Gasteiger partial charge < -0.3 is 20.3 Å². The molecule has 0 spiro atoms. The Labute approximate surface area is 169 Å². The van der Waals surface area contributed by atoms with Crippen molar-refractivity contribution in [2.24, 2.45) is 0 Å². The first kappa shape index (κ1) is 20.6. The molecule has 0 unspecified atom stereocenters. The first-order chi connectivity index (χ1) is 14.0. The molecule has 1 aromatic heterocycles. The SMILES string of the molecule is CCN(CC(=O)O)C1CC(NC(=O)Nc2cccn(Cc3ccccc3)c2=O)C1. The Morgan fingerprint density at radius 3 is 2.55 bits per heavy atom. The summed E-state index contributed by atoms with van der Waals surface area (Å²) in [7, 11) is 0. The van der Waals surface area contributed by atoms with Crippen LogP contribution in [0.4, 0.5) is 10.5 Å². The number of urea groups is 1. The Morgan fingerprint density at radius 1 is 1.17 bits per heavy atom. The number of hydrogen-bond donors (Lipinski definition) is 3. The lowest BCUT2D eigenvalue weighted by atomic mass is 9.85. The summed E-state index contributed by atoms with van der Waals surface area (Å²) in [6.07, 6.45) is 3.08. The zero-order valence-corrected chi connectivity index (χ0v) is 16.4. The predicted molar refractivity (Wildman–Crippen MR) is 110 cm³/mol. The number of carbonyl (C=O) groups is 2. The maximum Gasteiger partial charge on any atom is 0.319 e. The van der Waals surface area contributed by atoms with Gasteiger partial charge in [-0.15, -0.1) is 0 Å². The number of hydrogen-bond acceptors (Lipinski definition) is 4. The molecule has 8 heteroatoms. The number of amides is 2. The van der Waals surface area contributed by atoms with Crippen molar-refractivity contribution in [2.45, 2.75) is 38.4 Å². The predicted octanol–water partition coefficient (Wildman–Crippen LogP) is 1.96. The first-order valence-corrected chi connectivity index (χ1v) is 9.73. The molecule has 8 nitrogen and oxygen atoms in total. The van der Waals surface area contributed by atoms with Crippen LogP contribution in [0.2, 0.25) is 0 Å². The average molecular weight is 398 g/mol. The first-order valence-electron chi connectivity index (χ1n) is 9.73. The van der Waals surface area contributed by atoms with Gasteiger partial charge in [0.2, 0.25) is 0 Å². The molecule has 2 amide bonds. The lowest BCUT2D eigenvalue weighted by molar-refractivity contribution is -0.139. The van der Waals surface area contributed by atoms with Crippen LogP contribution in [-0.4, -0.2) is 51.7 Å². The summed E-state index contributed by atoms with van der Waals surface area (Å²) in [6.45, 7) is 3.01. The number of aromatic nitrogens is 1. The molecule has 0 radical (unpaired) electrons. The number of carboxylic acid groups (broad SMARTS) is 1. The molecule has 1 aliphatic carbocycles. The Kier molecular flexibility index (Phi) is 6.66. The number of nitrogens with zero attached hydrogens (tertiary/aromatic N) is 2. The summed E-state index contributed by atoms with van der Waals surface area (Å²) in [4.78, 5) is 37.7. The minimum atomic E-state index is -0.850. The van der Waals surface area contributed by atoms with Gasteiger partial charge in [-0.05, 0) is 37.1 Å². The molecule has 1 fully saturated rings. The highest BCUT2D eigenvalue weighted by Crippen LogP contribution is 2.25. The molecular weight excluding hydrogens is 372 g/mol. The van der Waals surface area contributed by atoms with Crippen LogP contribution in [-0.2, 0) is 11.3 Å². The van der Waals surface area contributed by atoms with Crippen molar-refractivity contribution in [1.29, 1.82) is 0 Å². The largest absolute Gasteiger partial charge is 0.480 e. The van der Waals surface area contributed by atoms with Crippen LogP contribution < -0.4 is 16.2 Å². The van der Waals surface area contributed by atoms with Crippen molar-refractivity contribution in [2.75, 3.05) is 18.4 Å². The van der Waals surface area contributed by atoms with Gasteiger partial charge in [0.1, 0.15) is 5.69 Å². The van der Waals surface area contributed by atoms with E-state index in [0.717, 1.165) is 5.56 Å². The molecule has 1 heterocycles. The Morgan fingerprint density at radius 2 is 1.90 bits per heavy atom. The number of aliphatic carboxylic acids is 1. The smallest absolute Gasteiger partial charge is 0.319 e. The van der Waals surface area contributed by atoms with Gasteiger partial charge in [0.05, 0.1) is 13.1 Å². The second kappa shape index (κ2) is 9.38. The zero-order chi connectivity index (χ0) is 20.8. The number of carbonyl (C=O) groups excluding carboxylic acids is 1. The quantitative estimate of drug-likeness (QED) is 0.631. The van der Waals surface area contributed by atoms with Crippen molar-refractivity contribution in [1.82, 2.24) is 14.8 Å². The Balaban J connectivity index is 1.53. The van der Waals surface area contributed by atoms with E-state index in [1.807, 2.05) is 42.2 Å². The van der Waals surface area contributed by atoms with Gasteiger partial charge in [0.25, 0.3) is 5.56 Å². The van der Waals surface area contributed by atoms with E-state index in [2.05, 4.69) is 10.6 Å². The molecular formula is C21H26N4O4. The van der Waals surface area contributed by atoms with Gasteiger partial charge in [-0.2, -0.15) is 0 Å². The molecule has 0 atom stereocenters. The summed E-state index contributed by atoms with van der Waals surface area (Å²) in [6, 6.07) is 12.6. The van der Waals surface area contributed by atoms with E-state index < -0.39 is 12.0 Å². The molecule has 154 valence electrons. The maximum absolute atomic E-state index is 12.6. The van der Waals surface area contributed by atoms with Gasteiger partial charge in [-0.1, -0.05) is 37.3 Å². The number of pyridine rings is 1. The molecule has 1 saturated carbocycles. The van der Waals surface area contributed by atoms with Crippen LogP contribution in [0.1, 0.15) is 25.3 Å². The van der Waals surface area contributed by atoms with E-state index in [0.29, 0.717) is 25.9 Å². The molecule has 1 aromatic carbocycles. The van der Waals surface area contributed by atoms with Crippen molar-refractivity contribution in [3.8, 4) is 0 Å². The van der Waals surface area contributed by atoms with Crippen LogP contribution in [0, 0.1) is 0 Å². The summed E-state index contributed by atoms with van der Waals surface area (Å²) in [5, 5.41) is 14.4. The number of anilines is 1.